The Labute approximate surface area is 148 Å². The highest BCUT2D eigenvalue weighted by atomic mass is 32.2. The molecule has 0 aliphatic carbocycles. The summed E-state index contributed by atoms with van der Waals surface area (Å²) in [7, 11) is -3.39. The SMILES string of the molecule is Cc1ccc(C(=O)N2CCCN(S(C)(=O)=O)c3ccccc32)cc1C. The smallest absolute Gasteiger partial charge is 0.258 e. The van der Waals surface area contributed by atoms with E-state index in [9.17, 15) is 13.2 Å². The van der Waals surface area contributed by atoms with Gasteiger partial charge >= 0.3 is 0 Å². The van der Waals surface area contributed by atoms with E-state index in [0.717, 1.165) is 11.1 Å². The van der Waals surface area contributed by atoms with E-state index < -0.39 is 10.0 Å². The van der Waals surface area contributed by atoms with Crippen LogP contribution in [-0.4, -0.2) is 33.7 Å². The predicted molar refractivity (Wildman–Crippen MR) is 101 cm³/mol. The highest BCUT2D eigenvalue weighted by molar-refractivity contribution is 7.92. The molecule has 2 aromatic rings. The standard InChI is InChI=1S/C19H22N2O3S/c1-14-9-10-16(13-15(14)2)19(22)20-11-6-12-21(25(3,23)24)18-8-5-4-7-17(18)20/h4-5,7-10,13H,6,11-12H2,1-3H3. The third-order valence-corrected chi connectivity index (χ3v) is 5.76. The molecule has 25 heavy (non-hydrogen) atoms. The number of nitrogens with zero attached hydrogens (tertiary/aromatic N) is 2. The number of anilines is 2. The van der Waals surface area contributed by atoms with Crippen molar-refractivity contribution in [3.8, 4) is 0 Å². The molecule has 3 rings (SSSR count). The van der Waals surface area contributed by atoms with Crippen LogP contribution in [0.4, 0.5) is 11.4 Å². The molecule has 0 bridgehead atoms. The molecule has 5 nitrogen and oxygen atoms in total. The van der Waals surface area contributed by atoms with Crippen LogP contribution in [-0.2, 0) is 10.0 Å². The minimum atomic E-state index is -3.39. The molecular weight excluding hydrogens is 336 g/mol. The number of hydrogen-bond donors (Lipinski definition) is 0. The van der Waals surface area contributed by atoms with E-state index in [1.807, 2.05) is 38.1 Å². The van der Waals surface area contributed by atoms with E-state index in [1.165, 1.54) is 10.6 Å². The lowest BCUT2D eigenvalue weighted by molar-refractivity contribution is 0.0987. The lowest BCUT2D eigenvalue weighted by Crippen LogP contribution is -2.31. The second-order valence-electron chi connectivity index (χ2n) is 6.43. The van der Waals surface area contributed by atoms with Crippen molar-refractivity contribution in [1.29, 1.82) is 0 Å². The zero-order valence-electron chi connectivity index (χ0n) is 14.7. The number of amides is 1. The van der Waals surface area contributed by atoms with Crippen molar-refractivity contribution in [1.82, 2.24) is 0 Å². The zero-order valence-corrected chi connectivity index (χ0v) is 15.5. The number of fused-ring (bicyclic) bond motifs is 1. The van der Waals surface area contributed by atoms with E-state index >= 15 is 0 Å². The van der Waals surface area contributed by atoms with Crippen molar-refractivity contribution in [2.45, 2.75) is 20.3 Å². The van der Waals surface area contributed by atoms with Crippen LogP contribution in [0.3, 0.4) is 0 Å². The molecule has 0 N–H and O–H groups in total. The molecule has 0 atom stereocenters. The van der Waals surface area contributed by atoms with Crippen molar-refractivity contribution in [3.63, 3.8) is 0 Å². The number of rotatable bonds is 2. The molecule has 0 saturated carbocycles. The van der Waals surface area contributed by atoms with Crippen LogP contribution < -0.4 is 9.21 Å². The Morgan fingerprint density at radius 2 is 1.64 bits per heavy atom. The van der Waals surface area contributed by atoms with Crippen LogP contribution >= 0.6 is 0 Å². The summed E-state index contributed by atoms with van der Waals surface area (Å²) in [6, 6.07) is 12.8. The van der Waals surface area contributed by atoms with Gasteiger partial charge in [0.15, 0.2) is 0 Å². The average molecular weight is 358 g/mol. The van der Waals surface area contributed by atoms with Crippen molar-refractivity contribution < 1.29 is 13.2 Å². The maximum atomic E-state index is 13.1. The summed E-state index contributed by atoms with van der Waals surface area (Å²) in [5, 5.41) is 0. The Morgan fingerprint density at radius 3 is 2.28 bits per heavy atom. The number of aryl methyl sites for hydroxylation is 2. The monoisotopic (exact) mass is 358 g/mol. The molecule has 0 spiro atoms. The summed E-state index contributed by atoms with van der Waals surface area (Å²) in [5.74, 6) is -0.106. The van der Waals surface area contributed by atoms with E-state index in [-0.39, 0.29) is 5.91 Å². The fourth-order valence-electron chi connectivity index (χ4n) is 3.10. The Balaban J connectivity index is 2.07. The minimum absolute atomic E-state index is 0.106. The maximum Gasteiger partial charge on any atom is 0.258 e. The number of para-hydroxylation sites is 2. The van der Waals surface area contributed by atoms with Gasteiger partial charge in [0.2, 0.25) is 10.0 Å². The Kier molecular flexibility index (Phi) is 4.56. The van der Waals surface area contributed by atoms with Gasteiger partial charge in [-0.05, 0) is 55.7 Å². The molecule has 1 amide bonds. The number of carbonyl (C=O) groups is 1. The quantitative estimate of drug-likeness (QED) is 0.829. The fraction of sp³-hybridized carbons (Fsp3) is 0.316. The fourth-order valence-corrected chi connectivity index (χ4v) is 4.07. The van der Waals surface area contributed by atoms with Gasteiger partial charge in [-0.1, -0.05) is 18.2 Å². The van der Waals surface area contributed by atoms with Crippen LogP contribution in [0, 0.1) is 13.8 Å². The van der Waals surface area contributed by atoms with Gasteiger partial charge in [-0.2, -0.15) is 0 Å². The Hall–Kier alpha value is -2.34. The van der Waals surface area contributed by atoms with Crippen molar-refractivity contribution in [2.75, 3.05) is 28.6 Å². The van der Waals surface area contributed by atoms with Crippen LogP contribution in [0.1, 0.15) is 27.9 Å². The summed E-state index contributed by atoms with van der Waals surface area (Å²) in [6.45, 7) is 4.84. The number of benzene rings is 2. The summed E-state index contributed by atoms with van der Waals surface area (Å²) < 4.78 is 25.7. The molecule has 0 fully saturated rings. The highest BCUT2D eigenvalue weighted by Gasteiger charge is 2.29. The summed E-state index contributed by atoms with van der Waals surface area (Å²) in [4.78, 5) is 14.8. The molecule has 0 unspecified atom stereocenters. The van der Waals surface area contributed by atoms with E-state index in [4.69, 9.17) is 0 Å². The van der Waals surface area contributed by atoms with Gasteiger partial charge in [0.1, 0.15) is 0 Å². The molecule has 2 aromatic carbocycles. The largest absolute Gasteiger partial charge is 0.306 e. The molecule has 1 aliphatic rings. The van der Waals surface area contributed by atoms with Crippen LogP contribution in [0.2, 0.25) is 0 Å². The third-order valence-electron chi connectivity index (χ3n) is 4.58. The van der Waals surface area contributed by atoms with E-state index in [0.29, 0.717) is 36.4 Å². The van der Waals surface area contributed by atoms with Gasteiger partial charge in [0, 0.05) is 18.7 Å². The summed E-state index contributed by atoms with van der Waals surface area (Å²) in [6.07, 6.45) is 1.78. The second-order valence-corrected chi connectivity index (χ2v) is 8.34. The first-order valence-electron chi connectivity index (χ1n) is 8.25. The van der Waals surface area contributed by atoms with Gasteiger partial charge in [-0.25, -0.2) is 8.42 Å². The number of sulfonamides is 1. The third kappa shape index (κ3) is 3.39. The first kappa shape index (κ1) is 17.5. The summed E-state index contributed by atoms with van der Waals surface area (Å²) >= 11 is 0. The lowest BCUT2D eigenvalue weighted by Gasteiger charge is -2.25. The van der Waals surface area contributed by atoms with Gasteiger partial charge < -0.3 is 4.90 Å². The molecule has 0 aromatic heterocycles. The molecule has 6 heteroatoms. The summed E-state index contributed by atoms with van der Waals surface area (Å²) in [5.41, 5.74) is 4.00. The Bertz CT molecular complexity index is 922. The predicted octanol–water partition coefficient (Wildman–Crippen LogP) is 3.12. The van der Waals surface area contributed by atoms with Gasteiger partial charge in [0.05, 0.1) is 17.6 Å². The molecule has 1 heterocycles. The van der Waals surface area contributed by atoms with Crippen LogP contribution in [0.15, 0.2) is 42.5 Å². The molecule has 0 radical (unpaired) electrons. The lowest BCUT2D eigenvalue weighted by atomic mass is 10.1. The zero-order chi connectivity index (χ0) is 18.2. The topological polar surface area (TPSA) is 57.7 Å². The number of carbonyl (C=O) groups excluding carboxylic acids is 1. The van der Waals surface area contributed by atoms with Crippen molar-refractivity contribution in [2.24, 2.45) is 0 Å². The van der Waals surface area contributed by atoms with Gasteiger partial charge in [-0.15, -0.1) is 0 Å². The van der Waals surface area contributed by atoms with Crippen LogP contribution in [0.25, 0.3) is 0 Å². The van der Waals surface area contributed by atoms with Gasteiger partial charge in [-0.3, -0.25) is 9.10 Å². The number of hydrogen-bond acceptors (Lipinski definition) is 3. The van der Waals surface area contributed by atoms with Crippen LogP contribution in [0.5, 0.6) is 0 Å². The molecule has 0 saturated heterocycles. The normalized spacial score (nSPS) is 14.8. The van der Waals surface area contributed by atoms with Crippen molar-refractivity contribution in [3.05, 3.63) is 59.2 Å². The average Bonchev–Trinajstić information content (AvgIpc) is 2.76. The Morgan fingerprint density at radius 1 is 0.960 bits per heavy atom. The first-order valence-corrected chi connectivity index (χ1v) is 10.1. The van der Waals surface area contributed by atoms with E-state index in [1.54, 1.807) is 23.1 Å². The van der Waals surface area contributed by atoms with Gasteiger partial charge in [0.25, 0.3) is 5.91 Å². The maximum absolute atomic E-state index is 13.1. The van der Waals surface area contributed by atoms with Crippen molar-refractivity contribution >= 4 is 27.3 Å². The molecule has 132 valence electrons. The first-order chi connectivity index (χ1) is 11.8. The highest BCUT2D eigenvalue weighted by Crippen LogP contribution is 2.34. The molecular formula is C19H22N2O3S. The van der Waals surface area contributed by atoms with E-state index in [2.05, 4.69) is 0 Å². The molecule has 1 aliphatic heterocycles. The second kappa shape index (κ2) is 6.52. The minimum Gasteiger partial charge on any atom is -0.306 e.